The van der Waals surface area contributed by atoms with Gasteiger partial charge in [-0.15, -0.1) is 0 Å². The summed E-state index contributed by atoms with van der Waals surface area (Å²) in [5.41, 5.74) is 1.25. The van der Waals surface area contributed by atoms with Gasteiger partial charge in [-0.2, -0.15) is 0 Å². The predicted molar refractivity (Wildman–Crippen MR) is 101 cm³/mol. The second-order valence-electron chi connectivity index (χ2n) is 5.74. The number of hydrogen-bond acceptors (Lipinski definition) is 5. The summed E-state index contributed by atoms with van der Waals surface area (Å²) < 4.78 is 10.4. The molecule has 0 fully saturated rings. The fourth-order valence-corrected chi connectivity index (χ4v) is 2.46. The van der Waals surface area contributed by atoms with E-state index < -0.39 is 0 Å². The number of carbonyl (C=O) groups excluding carboxylic acids is 2. The molecule has 0 spiro atoms. The Morgan fingerprint density at radius 3 is 2.37 bits per heavy atom. The zero-order chi connectivity index (χ0) is 19.2. The van der Waals surface area contributed by atoms with Gasteiger partial charge in [-0.25, -0.2) is 0 Å². The van der Waals surface area contributed by atoms with Crippen LogP contribution in [-0.4, -0.2) is 23.6 Å². The van der Waals surface area contributed by atoms with Crippen LogP contribution in [0.25, 0.3) is 0 Å². The first-order chi connectivity index (χ1) is 13.1. The maximum absolute atomic E-state index is 12.6. The molecule has 0 saturated carbocycles. The monoisotopic (exact) mass is 365 g/mol. The van der Waals surface area contributed by atoms with Gasteiger partial charge in [0.15, 0.2) is 5.82 Å². The number of ether oxygens (including phenoxy) is 1. The van der Waals surface area contributed by atoms with Gasteiger partial charge in [-0.1, -0.05) is 23.4 Å². The number of benzene rings is 2. The van der Waals surface area contributed by atoms with Gasteiger partial charge in [0.25, 0.3) is 11.8 Å². The minimum absolute atomic E-state index is 0.318. The molecule has 1 aromatic heterocycles. The zero-order valence-electron chi connectivity index (χ0n) is 15.0. The van der Waals surface area contributed by atoms with Crippen molar-refractivity contribution in [3.8, 4) is 5.75 Å². The van der Waals surface area contributed by atoms with E-state index in [0.29, 0.717) is 40.7 Å². The zero-order valence-corrected chi connectivity index (χ0v) is 15.0. The molecule has 0 aliphatic heterocycles. The fourth-order valence-electron chi connectivity index (χ4n) is 2.46. The molecule has 1 heterocycles. The first-order valence-electron chi connectivity index (χ1n) is 8.44. The van der Waals surface area contributed by atoms with Crippen molar-refractivity contribution in [2.75, 3.05) is 17.2 Å². The third-order valence-electron chi connectivity index (χ3n) is 3.69. The lowest BCUT2D eigenvalue weighted by Crippen LogP contribution is -2.16. The molecular weight excluding hydrogens is 346 g/mol. The van der Waals surface area contributed by atoms with Crippen LogP contribution < -0.4 is 15.4 Å². The Morgan fingerprint density at radius 1 is 1.00 bits per heavy atom. The molecule has 2 N–H and O–H groups in total. The third-order valence-corrected chi connectivity index (χ3v) is 3.69. The fraction of sp³-hybridized carbons (Fsp3) is 0.150. The molecule has 0 atom stereocenters. The Bertz CT molecular complexity index is 965. The van der Waals surface area contributed by atoms with Crippen LogP contribution in [0, 0.1) is 6.92 Å². The van der Waals surface area contributed by atoms with Crippen molar-refractivity contribution in [2.24, 2.45) is 0 Å². The average molecular weight is 365 g/mol. The van der Waals surface area contributed by atoms with E-state index in [2.05, 4.69) is 15.8 Å². The lowest BCUT2D eigenvalue weighted by atomic mass is 10.1. The van der Waals surface area contributed by atoms with Gasteiger partial charge in [-0.05, 0) is 44.2 Å². The molecule has 3 aromatic rings. The quantitative estimate of drug-likeness (QED) is 0.691. The van der Waals surface area contributed by atoms with E-state index in [-0.39, 0.29) is 11.8 Å². The van der Waals surface area contributed by atoms with Gasteiger partial charge in [0.2, 0.25) is 0 Å². The van der Waals surface area contributed by atoms with E-state index >= 15 is 0 Å². The van der Waals surface area contributed by atoms with Crippen LogP contribution in [0.15, 0.2) is 59.1 Å². The summed E-state index contributed by atoms with van der Waals surface area (Å²) in [4.78, 5) is 24.9. The summed E-state index contributed by atoms with van der Waals surface area (Å²) in [5.74, 6) is 0.773. The summed E-state index contributed by atoms with van der Waals surface area (Å²) in [6.45, 7) is 4.09. The number of anilines is 2. The van der Waals surface area contributed by atoms with Gasteiger partial charge < -0.3 is 19.9 Å². The minimum atomic E-state index is -0.382. The number of nitrogens with zero attached hydrogens (tertiary/aromatic N) is 1. The number of aryl methyl sites for hydroxylation is 1. The highest BCUT2D eigenvalue weighted by Gasteiger charge is 2.14. The van der Waals surface area contributed by atoms with Crippen LogP contribution >= 0.6 is 0 Å². The summed E-state index contributed by atoms with van der Waals surface area (Å²) in [7, 11) is 0. The highest BCUT2D eigenvalue weighted by atomic mass is 16.5. The molecule has 7 nitrogen and oxygen atoms in total. The Kier molecular flexibility index (Phi) is 5.51. The van der Waals surface area contributed by atoms with Crippen molar-refractivity contribution < 1.29 is 18.8 Å². The average Bonchev–Trinajstić information content (AvgIpc) is 3.08. The Hall–Kier alpha value is -3.61. The first-order valence-corrected chi connectivity index (χ1v) is 8.44. The van der Waals surface area contributed by atoms with Gasteiger partial charge in [0, 0.05) is 17.2 Å². The Balaban J connectivity index is 1.75. The van der Waals surface area contributed by atoms with Crippen molar-refractivity contribution in [1.29, 1.82) is 0 Å². The summed E-state index contributed by atoms with van der Waals surface area (Å²) in [6, 6.07) is 15.2. The lowest BCUT2D eigenvalue weighted by Gasteiger charge is -2.11. The number of aromatic nitrogens is 1. The SMILES string of the molecule is CCOc1ccccc1NC(=O)c1cccc(C(=O)Nc2cc(C)on2)c1. The van der Waals surface area contributed by atoms with Crippen molar-refractivity contribution >= 4 is 23.3 Å². The van der Waals surface area contributed by atoms with E-state index in [0.717, 1.165) is 0 Å². The van der Waals surface area contributed by atoms with Gasteiger partial charge in [-0.3, -0.25) is 9.59 Å². The first kappa shape index (κ1) is 18.2. The number of nitrogens with one attached hydrogen (secondary N) is 2. The smallest absolute Gasteiger partial charge is 0.256 e. The van der Waals surface area contributed by atoms with Crippen molar-refractivity contribution in [1.82, 2.24) is 5.16 Å². The summed E-state index contributed by atoms with van der Waals surface area (Å²) >= 11 is 0. The van der Waals surface area contributed by atoms with Crippen LogP contribution in [0.1, 0.15) is 33.4 Å². The normalized spacial score (nSPS) is 10.3. The van der Waals surface area contributed by atoms with Crippen LogP contribution in [0.4, 0.5) is 11.5 Å². The molecule has 0 aliphatic carbocycles. The molecule has 2 amide bonds. The van der Waals surface area contributed by atoms with Crippen molar-refractivity contribution in [3.63, 3.8) is 0 Å². The predicted octanol–water partition coefficient (Wildman–Crippen LogP) is 3.89. The summed E-state index contributed by atoms with van der Waals surface area (Å²) in [5, 5.41) is 9.15. The van der Waals surface area contributed by atoms with Crippen molar-refractivity contribution in [3.05, 3.63) is 71.5 Å². The second kappa shape index (κ2) is 8.18. The van der Waals surface area contributed by atoms with Crippen LogP contribution in [0.3, 0.4) is 0 Å². The van der Waals surface area contributed by atoms with E-state index in [9.17, 15) is 9.59 Å². The lowest BCUT2D eigenvalue weighted by molar-refractivity contribution is 0.102. The van der Waals surface area contributed by atoms with E-state index in [4.69, 9.17) is 9.26 Å². The number of rotatable bonds is 6. The molecule has 138 valence electrons. The van der Waals surface area contributed by atoms with Gasteiger partial charge >= 0.3 is 0 Å². The molecule has 3 rings (SSSR count). The molecule has 7 heteroatoms. The maximum atomic E-state index is 12.6. The van der Waals surface area contributed by atoms with Crippen LogP contribution in [0.5, 0.6) is 5.75 Å². The molecule has 2 aromatic carbocycles. The number of hydrogen-bond donors (Lipinski definition) is 2. The van der Waals surface area contributed by atoms with Crippen LogP contribution in [-0.2, 0) is 0 Å². The number of para-hydroxylation sites is 2. The molecule has 0 bridgehead atoms. The van der Waals surface area contributed by atoms with E-state index in [1.54, 1.807) is 43.3 Å². The topological polar surface area (TPSA) is 93.5 Å². The van der Waals surface area contributed by atoms with Crippen LogP contribution in [0.2, 0.25) is 0 Å². The minimum Gasteiger partial charge on any atom is -0.492 e. The molecule has 27 heavy (non-hydrogen) atoms. The maximum Gasteiger partial charge on any atom is 0.256 e. The highest BCUT2D eigenvalue weighted by molar-refractivity contribution is 6.08. The van der Waals surface area contributed by atoms with Gasteiger partial charge in [0.05, 0.1) is 12.3 Å². The highest BCUT2D eigenvalue weighted by Crippen LogP contribution is 2.24. The second-order valence-corrected chi connectivity index (χ2v) is 5.74. The molecule has 0 unspecified atom stereocenters. The largest absolute Gasteiger partial charge is 0.492 e. The van der Waals surface area contributed by atoms with E-state index in [1.807, 2.05) is 19.1 Å². The molecule has 0 aliphatic rings. The number of carbonyl (C=O) groups is 2. The number of amides is 2. The molecule has 0 radical (unpaired) electrons. The van der Waals surface area contributed by atoms with E-state index in [1.165, 1.54) is 6.07 Å². The van der Waals surface area contributed by atoms with Crippen molar-refractivity contribution in [2.45, 2.75) is 13.8 Å². The third kappa shape index (κ3) is 4.52. The molecule has 0 saturated heterocycles. The Morgan fingerprint density at radius 2 is 1.70 bits per heavy atom. The summed E-state index contributed by atoms with van der Waals surface area (Å²) in [6.07, 6.45) is 0. The van der Waals surface area contributed by atoms with Gasteiger partial charge in [0.1, 0.15) is 11.5 Å². The molecular formula is C20H19N3O4. The Labute approximate surface area is 156 Å². The standard InChI is InChI=1S/C20H19N3O4/c1-3-26-17-10-5-4-9-16(17)21-19(24)14-7-6-8-15(12-14)20(25)22-18-11-13(2)27-23-18/h4-12H,3H2,1-2H3,(H,21,24)(H,22,23,25).